The average Bonchev–Trinajstić information content (AvgIpc) is 2.35. The number of rotatable bonds is 5. The minimum Gasteiger partial charge on any atom is -0.464 e. The number of nitrogens with one attached hydrogen (secondary N) is 1. The van der Waals surface area contributed by atoms with Gasteiger partial charge >= 0.3 is 5.97 Å². The quantitative estimate of drug-likeness (QED) is 0.851. The van der Waals surface area contributed by atoms with Crippen LogP contribution in [0.3, 0.4) is 0 Å². The summed E-state index contributed by atoms with van der Waals surface area (Å²) in [7, 11) is 0. The number of esters is 1. The van der Waals surface area contributed by atoms with Crippen molar-refractivity contribution < 1.29 is 18.7 Å². The Balaban J connectivity index is 2.94. The molecule has 0 aliphatic heterocycles. The highest BCUT2D eigenvalue weighted by Gasteiger charge is 2.27. The van der Waals surface area contributed by atoms with Gasteiger partial charge in [0.25, 0.3) is 5.91 Å². The van der Waals surface area contributed by atoms with E-state index in [-0.39, 0.29) is 23.1 Å². The Morgan fingerprint density at radius 3 is 2.55 bits per heavy atom. The molecule has 0 aromatic heterocycles. The van der Waals surface area contributed by atoms with E-state index in [1.54, 1.807) is 20.8 Å². The van der Waals surface area contributed by atoms with Crippen LogP contribution in [0.2, 0.25) is 5.02 Å². The van der Waals surface area contributed by atoms with Crippen LogP contribution in [0, 0.1) is 11.7 Å². The van der Waals surface area contributed by atoms with Crippen LogP contribution in [0.25, 0.3) is 0 Å². The number of benzene rings is 1. The van der Waals surface area contributed by atoms with Crippen LogP contribution in [0.5, 0.6) is 0 Å². The summed E-state index contributed by atoms with van der Waals surface area (Å²) in [5.74, 6) is -2.21. The Morgan fingerprint density at radius 2 is 2.05 bits per heavy atom. The molecule has 0 saturated carbocycles. The van der Waals surface area contributed by atoms with Gasteiger partial charge in [-0.25, -0.2) is 9.18 Å². The first-order valence-corrected chi connectivity index (χ1v) is 6.67. The summed E-state index contributed by atoms with van der Waals surface area (Å²) in [6.07, 6.45) is 0. The van der Waals surface area contributed by atoms with E-state index in [9.17, 15) is 14.0 Å². The molecule has 0 spiro atoms. The molecule has 0 fully saturated rings. The second kappa shape index (κ2) is 7.24. The third kappa shape index (κ3) is 3.93. The Hall–Kier alpha value is -1.62. The molecule has 1 atom stereocenters. The maximum atomic E-state index is 13.6. The topological polar surface area (TPSA) is 55.4 Å². The molecule has 0 aliphatic carbocycles. The number of carbonyl (C=O) groups is 2. The molecule has 1 unspecified atom stereocenters. The van der Waals surface area contributed by atoms with Crippen LogP contribution in [-0.2, 0) is 9.53 Å². The summed E-state index contributed by atoms with van der Waals surface area (Å²) in [5, 5.41) is 2.46. The molecule has 6 heteroatoms. The van der Waals surface area contributed by atoms with Crippen molar-refractivity contribution in [3.05, 3.63) is 34.6 Å². The zero-order valence-electron chi connectivity index (χ0n) is 11.6. The Kier molecular flexibility index (Phi) is 5.95. The second-order valence-corrected chi connectivity index (χ2v) is 4.95. The van der Waals surface area contributed by atoms with Crippen LogP contribution in [0.15, 0.2) is 18.2 Å². The number of halogens is 2. The van der Waals surface area contributed by atoms with Gasteiger partial charge in [0, 0.05) is 0 Å². The number of amides is 1. The third-order valence-electron chi connectivity index (χ3n) is 2.68. The van der Waals surface area contributed by atoms with Gasteiger partial charge in [-0.3, -0.25) is 4.79 Å². The van der Waals surface area contributed by atoms with Crippen molar-refractivity contribution >= 4 is 23.5 Å². The highest BCUT2D eigenvalue weighted by molar-refractivity contribution is 6.33. The predicted octanol–water partition coefficient (Wildman–Crippen LogP) is 2.80. The van der Waals surface area contributed by atoms with E-state index in [1.807, 2.05) is 0 Å². The van der Waals surface area contributed by atoms with Gasteiger partial charge in [0.2, 0.25) is 0 Å². The molecule has 0 radical (unpaired) electrons. The first-order valence-electron chi connectivity index (χ1n) is 6.30. The van der Waals surface area contributed by atoms with Crippen molar-refractivity contribution in [1.29, 1.82) is 0 Å². The third-order valence-corrected chi connectivity index (χ3v) is 3.00. The number of hydrogen-bond acceptors (Lipinski definition) is 3. The summed E-state index contributed by atoms with van der Waals surface area (Å²) < 4.78 is 18.5. The van der Waals surface area contributed by atoms with Crippen molar-refractivity contribution in [2.45, 2.75) is 26.8 Å². The van der Waals surface area contributed by atoms with E-state index in [0.717, 1.165) is 6.07 Å². The van der Waals surface area contributed by atoms with Crippen LogP contribution in [0.4, 0.5) is 4.39 Å². The zero-order valence-corrected chi connectivity index (χ0v) is 12.3. The average molecular weight is 302 g/mol. The molecule has 20 heavy (non-hydrogen) atoms. The fourth-order valence-electron chi connectivity index (χ4n) is 1.66. The van der Waals surface area contributed by atoms with Gasteiger partial charge in [-0.2, -0.15) is 0 Å². The van der Waals surface area contributed by atoms with Crippen LogP contribution < -0.4 is 5.32 Å². The van der Waals surface area contributed by atoms with Gasteiger partial charge in [0.15, 0.2) is 0 Å². The fraction of sp³-hybridized carbons (Fsp3) is 0.429. The maximum absolute atomic E-state index is 13.6. The molecule has 110 valence electrons. The van der Waals surface area contributed by atoms with Crippen molar-refractivity contribution in [3.8, 4) is 0 Å². The molecule has 1 amide bonds. The monoisotopic (exact) mass is 301 g/mol. The molecular weight excluding hydrogens is 285 g/mol. The molecule has 1 rings (SSSR count). The number of ether oxygens (including phenoxy) is 1. The number of hydrogen-bond donors (Lipinski definition) is 1. The summed E-state index contributed by atoms with van der Waals surface area (Å²) in [6, 6.07) is 3.10. The Labute approximate surface area is 122 Å². The smallest absolute Gasteiger partial charge is 0.328 e. The Bertz CT molecular complexity index is 485. The van der Waals surface area contributed by atoms with Crippen molar-refractivity contribution in [1.82, 2.24) is 5.32 Å². The van der Waals surface area contributed by atoms with Gasteiger partial charge < -0.3 is 10.1 Å². The highest BCUT2D eigenvalue weighted by atomic mass is 35.5. The fourth-order valence-corrected chi connectivity index (χ4v) is 1.91. The van der Waals surface area contributed by atoms with Crippen LogP contribution >= 0.6 is 11.6 Å². The molecule has 4 nitrogen and oxygen atoms in total. The van der Waals surface area contributed by atoms with Gasteiger partial charge in [-0.1, -0.05) is 31.5 Å². The summed E-state index contributed by atoms with van der Waals surface area (Å²) >= 11 is 5.81. The first-order chi connectivity index (χ1) is 9.38. The minimum absolute atomic E-state index is 0.00568. The molecule has 0 saturated heterocycles. The van der Waals surface area contributed by atoms with Crippen LogP contribution in [0.1, 0.15) is 31.1 Å². The van der Waals surface area contributed by atoms with Crippen molar-refractivity contribution in [3.63, 3.8) is 0 Å². The molecule has 0 bridgehead atoms. The van der Waals surface area contributed by atoms with Crippen molar-refractivity contribution in [2.75, 3.05) is 6.61 Å². The molecule has 0 heterocycles. The first kappa shape index (κ1) is 16.4. The van der Waals surface area contributed by atoms with Crippen LogP contribution in [-0.4, -0.2) is 24.5 Å². The standard InChI is InChI=1S/C14H17ClFNO3/c1-4-20-14(19)12(8(2)3)17-13(18)11-9(15)6-5-7-10(11)16/h5-8,12H,4H2,1-3H3,(H,17,18). The van der Waals surface area contributed by atoms with E-state index >= 15 is 0 Å². The molecule has 1 aromatic rings. The SMILES string of the molecule is CCOC(=O)C(NC(=O)c1c(F)cccc1Cl)C(C)C. The molecular formula is C14H17ClFNO3. The predicted molar refractivity (Wildman–Crippen MR) is 74.1 cm³/mol. The van der Waals surface area contributed by atoms with Crippen molar-refractivity contribution in [2.24, 2.45) is 5.92 Å². The lowest BCUT2D eigenvalue weighted by atomic mass is 10.0. The lowest BCUT2D eigenvalue weighted by molar-refractivity contribution is -0.146. The lowest BCUT2D eigenvalue weighted by Crippen LogP contribution is -2.45. The number of carbonyl (C=O) groups excluding carboxylic acids is 2. The molecule has 1 N–H and O–H groups in total. The molecule has 0 aliphatic rings. The largest absolute Gasteiger partial charge is 0.464 e. The summed E-state index contributed by atoms with van der Waals surface area (Å²) in [4.78, 5) is 23.8. The van der Waals surface area contributed by atoms with Gasteiger partial charge in [-0.15, -0.1) is 0 Å². The summed E-state index contributed by atoms with van der Waals surface area (Å²) in [6.45, 7) is 5.39. The Morgan fingerprint density at radius 1 is 1.40 bits per heavy atom. The minimum atomic E-state index is -0.849. The van der Waals surface area contributed by atoms with E-state index in [1.165, 1.54) is 12.1 Å². The van der Waals surface area contributed by atoms with Gasteiger partial charge in [0.05, 0.1) is 17.2 Å². The second-order valence-electron chi connectivity index (χ2n) is 4.54. The highest BCUT2D eigenvalue weighted by Crippen LogP contribution is 2.19. The van der Waals surface area contributed by atoms with E-state index in [4.69, 9.17) is 16.3 Å². The van der Waals surface area contributed by atoms with Gasteiger partial charge in [-0.05, 0) is 25.0 Å². The van der Waals surface area contributed by atoms with Gasteiger partial charge in [0.1, 0.15) is 11.9 Å². The van der Waals surface area contributed by atoms with E-state index in [0.29, 0.717) is 0 Å². The normalized spacial score (nSPS) is 12.1. The van der Waals surface area contributed by atoms with E-state index in [2.05, 4.69) is 5.32 Å². The lowest BCUT2D eigenvalue weighted by Gasteiger charge is -2.20. The zero-order chi connectivity index (χ0) is 15.3. The summed E-state index contributed by atoms with van der Waals surface area (Å²) in [5.41, 5.74) is -0.274. The van der Waals surface area contributed by atoms with E-state index < -0.39 is 23.7 Å². The maximum Gasteiger partial charge on any atom is 0.328 e. The molecule has 1 aromatic carbocycles.